The molecule has 0 radical (unpaired) electrons. The van der Waals surface area contributed by atoms with E-state index in [9.17, 15) is 0 Å². The van der Waals surface area contributed by atoms with Gasteiger partial charge in [-0.3, -0.25) is 0 Å². The Morgan fingerprint density at radius 3 is 2.75 bits per heavy atom. The zero-order chi connectivity index (χ0) is 8.97. The second-order valence-electron chi connectivity index (χ2n) is 3.33. The van der Waals surface area contributed by atoms with Crippen LogP contribution in [0, 0.1) is 0 Å². The molecule has 1 saturated carbocycles. The van der Waals surface area contributed by atoms with E-state index >= 15 is 0 Å². The summed E-state index contributed by atoms with van der Waals surface area (Å²) in [5, 5.41) is 3.44. The lowest BCUT2D eigenvalue weighted by molar-refractivity contribution is 0.436. The molecule has 3 heteroatoms. The first-order chi connectivity index (χ1) is 5.74. The third kappa shape index (κ3) is 3.17. The Hall–Kier alpha value is 0.620. The van der Waals surface area contributed by atoms with Gasteiger partial charge in [0.15, 0.2) is 0 Å². The molecule has 0 bridgehead atoms. The van der Waals surface area contributed by atoms with E-state index in [0.717, 1.165) is 15.3 Å². The second kappa shape index (κ2) is 5.37. The molecule has 1 aliphatic carbocycles. The summed E-state index contributed by atoms with van der Waals surface area (Å²) in [5.74, 6) is 0. The lowest BCUT2D eigenvalue weighted by Crippen LogP contribution is -2.41. The monoisotopic (exact) mass is 297 g/mol. The summed E-state index contributed by atoms with van der Waals surface area (Å²) >= 11 is 7.72. The topological polar surface area (TPSA) is 12.0 Å². The van der Waals surface area contributed by atoms with Crippen molar-refractivity contribution in [3.63, 3.8) is 0 Å². The molecule has 2 atom stereocenters. The van der Waals surface area contributed by atoms with Gasteiger partial charge in [-0.2, -0.15) is 0 Å². The summed E-state index contributed by atoms with van der Waals surface area (Å²) in [4.78, 5) is 1.03. The van der Waals surface area contributed by atoms with Crippen molar-refractivity contribution in [1.29, 1.82) is 0 Å². The van der Waals surface area contributed by atoms with E-state index in [1.165, 1.54) is 25.7 Å². The van der Waals surface area contributed by atoms with Crippen LogP contribution in [0.15, 0.2) is 0 Å². The molecule has 70 valence electrons. The van der Waals surface area contributed by atoms with Crippen LogP contribution in [0.1, 0.15) is 39.0 Å². The van der Waals surface area contributed by atoms with E-state index in [4.69, 9.17) is 12.2 Å². The summed E-state index contributed by atoms with van der Waals surface area (Å²) in [5.41, 5.74) is 0. The molecule has 0 aromatic rings. The number of thiocarbonyl (C=S) groups is 1. The first-order valence-electron chi connectivity index (χ1n) is 4.67. The SMILES string of the molecule is CCC(=S)N[C@@H]1CCCC[C@H]1I. The number of hydrogen-bond acceptors (Lipinski definition) is 1. The van der Waals surface area contributed by atoms with Crippen molar-refractivity contribution >= 4 is 39.8 Å². The Balaban J connectivity index is 2.33. The maximum atomic E-state index is 5.17. The molecule has 1 rings (SSSR count). The van der Waals surface area contributed by atoms with E-state index in [2.05, 4.69) is 34.8 Å². The number of rotatable bonds is 2. The zero-order valence-electron chi connectivity index (χ0n) is 7.48. The Bertz CT molecular complexity index is 161. The van der Waals surface area contributed by atoms with Crippen molar-refractivity contribution in [1.82, 2.24) is 5.32 Å². The van der Waals surface area contributed by atoms with Crippen LogP contribution in [0.2, 0.25) is 0 Å². The Kier molecular flexibility index (Phi) is 4.79. The normalized spacial score (nSPS) is 29.8. The van der Waals surface area contributed by atoms with Gasteiger partial charge >= 0.3 is 0 Å². The van der Waals surface area contributed by atoms with Crippen molar-refractivity contribution in [3.8, 4) is 0 Å². The van der Waals surface area contributed by atoms with Gasteiger partial charge in [0.1, 0.15) is 0 Å². The van der Waals surface area contributed by atoms with Crippen molar-refractivity contribution < 1.29 is 0 Å². The quantitative estimate of drug-likeness (QED) is 0.477. The van der Waals surface area contributed by atoms with Gasteiger partial charge in [0.05, 0.1) is 4.99 Å². The minimum atomic E-state index is 0.645. The molecule has 0 saturated heterocycles. The molecule has 1 N–H and O–H groups in total. The molecule has 0 amide bonds. The van der Waals surface area contributed by atoms with Crippen LogP contribution in [0.25, 0.3) is 0 Å². The fourth-order valence-electron chi connectivity index (χ4n) is 1.56. The van der Waals surface area contributed by atoms with Crippen LogP contribution in [0.5, 0.6) is 0 Å². The molecule has 0 aromatic carbocycles. The number of hydrogen-bond donors (Lipinski definition) is 1. The molecule has 1 aliphatic rings. The first-order valence-corrected chi connectivity index (χ1v) is 6.33. The van der Waals surface area contributed by atoms with Gasteiger partial charge in [0.2, 0.25) is 0 Å². The average molecular weight is 297 g/mol. The fraction of sp³-hybridized carbons (Fsp3) is 0.889. The minimum absolute atomic E-state index is 0.645. The third-order valence-electron chi connectivity index (χ3n) is 2.35. The van der Waals surface area contributed by atoms with Crippen LogP contribution >= 0.6 is 34.8 Å². The molecule has 0 unspecified atom stereocenters. The van der Waals surface area contributed by atoms with E-state index < -0.39 is 0 Å². The van der Waals surface area contributed by atoms with Crippen LogP contribution in [-0.2, 0) is 0 Å². The van der Waals surface area contributed by atoms with Crippen molar-refractivity contribution in [3.05, 3.63) is 0 Å². The van der Waals surface area contributed by atoms with E-state index in [1.54, 1.807) is 0 Å². The van der Waals surface area contributed by atoms with E-state index in [-0.39, 0.29) is 0 Å². The summed E-state index contributed by atoms with van der Waals surface area (Å²) in [6, 6.07) is 0.645. The third-order valence-corrected chi connectivity index (χ3v) is 4.25. The highest BCUT2D eigenvalue weighted by atomic mass is 127. The largest absolute Gasteiger partial charge is 0.376 e. The van der Waals surface area contributed by atoms with E-state index in [0.29, 0.717) is 6.04 Å². The predicted molar refractivity (Wildman–Crippen MR) is 66.1 cm³/mol. The lowest BCUT2D eigenvalue weighted by Gasteiger charge is -2.29. The average Bonchev–Trinajstić information content (AvgIpc) is 2.09. The fourth-order valence-corrected chi connectivity index (χ4v) is 2.69. The van der Waals surface area contributed by atoms with Gasteiger partial charge in [-0.25, -0.2) is 0 Å². The summed E-state index contributed by atoms with van der Waals surface area (Å²) in [6.07, 6.45) is 6.39. The summed E-state index contributed by atoms with van der Waals surface area (Å²) in [6.45, 7) is 2.11. The van der Waals surface area contributed by atoms with Crippen LogP contribution in [0.4, 0.5) is 0 Å². The Morgan fingerprint density at radius 2 is 2.17 bits per heavy atom. The Labute approximate surface area is 93.8 Å². The molecular weight excluding hydrogens is 281 g/mol. The van der Waals surface area contributed by atoms with Crippen molar-refractivity contribution in [2.45, 2.75) is 49.0 Å². The minimum Gasteiger partial charge on any atom is -0.376 e. The van der Waals surface area contributed by atoms with Gasteiger partial charge in [0, 0.05) is 9.97 Å². The molecule has 0 heterocycles. The van der Waals surface area contributed by atoms with Crippen LogP contribution < -0.4 is 5.32 Å². The highest BCUT2D eigenvalue weighted by Gasteiger charge is 2.22. The molecule has 0 aromatic heterocycles. The lowest BCUT2D eigenvalue weighted by atomic mass is 9.95. The highest BCUT2D eigenvalue weighted by molar-refractivity contribution is 14.1. The maximum absolute atomic E-state index is 5.17. The van der Waals surface area contributed by atoms with Crippen LogP contribution in [0.3, 0.4) is 0 Å². The van der Waals surface area contributed by atoms with E-state index in [1.807, 2.05) is 0 Å². The smallest absolute Gasteiger partial charge is 0.0753 e. The molecule has 12 heavy (non-hydrogen) atoms. The van der Waals surface area contributed by atoms with Gasteiger partial charge in [0.25, 0.3) is 0 Å². The second-order valence-corrected chi connectivity index (χ2v) is 5.42. The van der Waals surface area contributed by atoms with Crippen molar-refractivity contribution in [2.24, 2.45) is 0 Å². The molecule has 1 nitrogen and oxygen atoms in total. The van der Waals surface area contributed by atoms with Gasteiger partial charge < -0.3 is 5.32 Å². The number of alkyl halides is 1. The predicted octanol–water partition coefficient (Wildman–Crippen LogP) is 3.06. The summed E-state index contributed by atoms with van der Waals surface area (Å²) < 4.78 is 0.779. The maximum Gasteiger partial charge on any atom is 0.0753 e. The van der Waals surface area contributed by atoms with Gasteiger partial charge in [-0.1, -0.05) is 54.6 Å². The Morgan fingerprint density at radius 1 is 1.50 bits per heavy atom. The molecule has 0 aliphatic heterocycles. The molecular formula is C9H16INS. The number of halogens is 1. The van der Waals surface area contributed by atoms with Gasteiger partial charge in [-0.05, 0) is 19.3 Å². The standard InChI is InChI=1S/C9H16INS/c1-2-9(12)11-8-6-4-3-5-7(8)10/h7-8H,2-6H2,1H3,(H,11,12)/t7-,8-/m1/s1. The highest BCUT2D eigenvalue weighted by Crippen LogP contribution is 2.24. The zero-order valence-corrected chi connectivity index (χ0v) is 10.5. The first kappa shape index (κ1) is 10.7. The molecule has 1 fully saturated rings. The van der Waals surface area contributed by atoms with Gasteiger partial charge in [-0.15, -0.1) is 0 Å². The summed E-state index contributed by atoms with van der Waals surface area (Å²) in [7, 11) is 0. The number of nitrogens with one attached hydrogen (secondary N) is 1. The van der Waals surface area contributed by atoms with Crippen LogP contribution in [-0.4, -0.2) is 15.0 Å². The molecule has 0 spiro atoms. The van der Waals surface area contributed by atoms with Crippen molar-refractivity contribution in [2.75, 3.05) is 0 Å².